The minimum absolute atomic E-state index is 0.368. The molecule has 0 spiro atoms. The monoisotopic (exact) mass is 318 g/mol. The maximum atomic E-state index is 11.5. The van der Waals surface area contributed by atoms with E-state index in [4.69, 9.17) is 0 Å². The molecule has 23 heavy (non-hydrogen) atoms. The molecule has 0 bridgehead atoms. The molecule has 1 aromatic heterocycles. The Morgan fingerprint density at radius 3 is 2.83 bits per heavy atom. The van der Waals surface area contributed by atoms with Crippen molar-refractivity contribution in [2.75, 3.05) is 19.6 Å². The van der Waals surface area contributed by atoms with Gasteiger partial charge in [-0.2, -0.15) is 0 Å². The van der Waals surface area contributed by atoms with Gasteiger partial charge in [0.2, 0.25) is 0 Å². The fraction of sp³-hybridized carbons (Fsp3) is 0.833. The molecule has 2 atom stereocenters. The van der Waals surface area contributed by atoms with Crippen LogP contribution in [0.1, 0.15) is 50.8 Å². The summed E-state index contributed by atoms with van der Waals surface area (Å²) in [4.78, 5) is 9.55. The highest BCUT2D eigenvalue weighted by atomic mass is 16.3. The highest BCUT2D eigenvalue weighted by Gasteiger charge is 2.46. The molecule has 3 heterocycles. The van der Waals surface area contributed by atoms with Crippen LogP contribution in [0.5, 0.6) is 0 Å². The van der Waals surface area contributed by atoms with Crippen molar-refractivity contribution in [1.29, 1.82) is 0 Å². The van der Waals surface area contributed by atoms with Crippen LogP contribution in [0.25, 0.3) is 0 Å². The molecule has 1 N–H and O–H groups in total. The highest BCUT2D eigenvalue weighted by molar-refractivity contribution is 5.03. The van der Waals surface area contributed by atoms with Gasteiger partial charge < -0.3 is 9.67 Å². The number of piperidine rings is 2. The highest BCUT2D eigenvalue weighted by Crippen LogP contribution is 2.37. The van der Waals surface area contributed by atoms with Crippen LogP contribution in [0.2, 0.25) is 0 Å². The van der Waals surface area contributed by atoms with Crippen molar-refractivity contribution >= 4 is 0 Å². The first kappa shape index (κ1) is 15.6. The van der Waals surface area contributed by atoms with E-state index in [9.17, 15) is 5.11 Å². The van der Waals surface area contributed by atoms with Crippen LogP contribution >= 0.6 is 0 Å². The van der Waals surface area contributed by atoms with E-state index in [1.165, 1.54) is 38.8 Å². The van der Waals surface area contributed by atoms with E-state index in [1.807, 2.05) is 12.4 Å². The Morgan fingerprint density at radius 2 is 2.09 bits per heavy atom. The standard InChI is InChI=1S/C18H30N4O/c1-20-12-9-19-17(20)13-22(15-6-7-15)14-18(23)8-4-11-21-10-3-2-5-16(18)21/h9,12,15-16,23H,2-8,10-11,13-14H2,1H3/t16-,18-/m1/s1. The van der Waals surface area contributed by atoms with E-state index in [0.29, 0.717) is 12.1 Å². The van der Waals surface area contributed by atoms with Gasteiger partial charge in [0.15, 0.2) is 0 Å². The van der Waals surface area contributed by atoms with Gasteiger partial charge >= 0.3 is 0 Å². The fourth-order valence-corrected chi connectivity index (χ4v) is 4.64. The van der Waals surface area contributed by atoms with Crippen LogP contribution < -0.4 is 0 Å². The van der Waals surface area contributed by atoms with Gasteiger partial charge in [0.25, 0.3) is 0 Å². The molecule has 1 saturated carbocycles. The van der Waals surface area contributed by atoms with Crippen molar-refractivity contribution in [2.24, 2.45) is 7.05 Å². The molecule has 0 radical (unpaired) electrons. The van der Waals surface area contributed by atoms with Crippen molar-refractivity contribution in [2.45, 2.75) is 69.2 Å². The zero-order valence-electron chi connectivity index (χ0n) is 14.3. The molecular formula is C18H30N4O. The first-order valence-corrected chi connectivity index (χ1v) is 9.32. The zero-order valence-corrected chi connectivity index (χ0v) is 14.3. The van der Waals surface area contributed by atoms with E-state index < -0.39 is 5.60 Å². The summed E-state index contributed by atoms with van der Waals surface area (Å²) in [6, 6.07) is 1.02. The minimum atomic E-state index is -0.535. The van der Waals surface area contributed by atoms with Crippen molar-refractivity contribution in [1.82, 2.24) is 19.4 Å². The lowest BCUT2D eigenvalue weighted by Gasteiger charge is -2.51. The fourth-order valence-electron chi connectivity index (χ4n) is 4.64. The predicted octanol–water partition coefficient (Wildman–Crippen LogP) is 1.76. The van der Waals surface area contributed by atoms with Crippen LogP contribution in [-0.2, 0) is 13.6 Å². The Morgan fingerprint density at radius 1 is 1.26 bits per heavy atom. The molecule has 3 fully saturated rings. The maximum Gasteiger partial charge on any atom is 0.122 e. The van der Waals surface area contributed by atoms with Gasteiger partial charge in [-0.05, 0) is 51.6 Å². The minimum Gasteiger partial charge on any atom is -0.387 e. The molecule has 3 aliphatic rings. The molecule has 0 amide bonds. The van der Waals surface area contributed by atoms with Gasteiger partial charge in [-0.25, -0.2) is 4.98 Å². The number of aliphatic hydroxyl groups is 1. The summed E-state index contributed by atoms with van der Waals surface area (Å²) in [6.45, 7) is 4.03. The number of nitrogens with zero attached hydrogens (tertiary/aromatic N) is 4. The van der Waals surface area contributed by atoms with Crippen molar-refractivity contribution in [3.8, 4) is 0 Å². The largest absolute Gasteiger partial charge is 0.387 e. The molecular weight excluding hydrogens is 288 g/mol. The maximum absolute atomic E-state index is 11.5. The molecule has 0 unspecified atom stereocenters. The van der Waals surface area contributed by atoms with E-state index in [0.717, 1.165) is 38.2 Å². The van der Waals surface area contributed by atoms with Gasteiger partial charge in [-0.3, -0.25) is 9.80 Å². The Hall–Kier alpha value is -0.910. The Bertz CT molecular complexity index is 539. The van der Waals surface area contributed by atoms with Gasteiger partial charge in [0.05, 0.1) is 12.1 Å². The SMILES string of the molecule is Cn1ccnc1CN(C[C@]1(O)CCCN2CCCC[C@@H]21)C1CC1. The number of aryl methyl sites for hydroxylation is 1. The summed E-state index contributed by atoms with van der Waals surface area (Å²) < 4.78 is 2.10. The molecule has 1 aromatic rings. The number of fused-ring (bicyclic) bond motifs is 1. The van der Waals surface area contributed by atoms with Crippen LogP contribution in [0.4, 0.5) is 0 Å². The summed E-state index contributed by atoms with van der Waals surface area (Å²) in [5.41, 5.74) is -0.535. The third-order valence-electron chi connectivity index (χ3n) is 6.09. The van der Waals surface area contributed by atoms with Crippen LogP contribution in [0, 0.1) is 0 Å². The number of hydrogen-bond donors (Lipinski definition) is 1. The lowest BCUT2D eigenvalue weighted by atomic mass is 9.79. The number of imidazole rings is 1. The third-order valence-corrected chi connectivity index (χ3v) is 6.09. The topological polar surface area (TPSA) is 44.5 Å². The lowest BCUT2D eigenvalue weighted by Crippen LogP contribution is -2.62. The van der Waals surface area contributed by atoms with E-state index >= 15 is 0 Å². The van der Waals surface area contributed by atoms with E-state index in [2.05, 4.69) is 26.4 Å². The zero-order chi connectivity index (χ0) is 15.9. The molecule has 2 aliphatic heterocycles. The van der Waals surface area contributed by atoms with E-state index in [1.54, 1.807) is 0 Å². The van der Waals surface area contributed by atoms with Gasteiger partial charge in [0.1, 0.15) is 5.82 Å². The number of hydrogen-bond acceptors (Lipinski definition) is 4. The molecule has 2 saturated heterocycles. The first-order chi connectivity index (χ1) is 11.2. The second kappa shape index (κ2) is 6.19. The first-order valence-electron chi connectivity index (χ1n) is 9.32. The molecule has 128 valence electrons. The lowest BCUT2D eigenvalue weighted by molar-refractivity contribution is -0.111. The second-order valence-electron chi connectivity index (χ2n) is 7.85. The normalized spacial score (nSPS) is 32.2. The molecule has 5 heteroatoms. The Balaban J connectivity index is 1.50. The Kier molecular flexibility index (Phi) is 4.20. The van der Waals surface area contributed by atoms with E-state index in [-0.39, 0.29) is 0 Å². The average molecular weight is 318 g/mol. The van der Waals surface area contributed by atoms with Gasteiger partial charge in [-0.1, -0.05) is 6.42 Å². The number of aromatic nitrogens is 2. The van der Waals surface area contributed by atoms with Crippen LogP contribution in [-0.4, -0.2) is 61.8 Å². The van der Waals surface area contributed by atoms with Crippen molar-refractivity contribution in [3.05, 3.63) is 18.2 Å². The molecule has 0 aromatic carbocycles. The van der Waals surface area contributed by atoms with Gasteiger partial charge in [-0.15, -0.1) is 0 Å². The molecule has 4 rings (SSSR count). The summed E-state index contributed by atoms with van der Waals surface area (Å²) in [7, 11) is 2.06. The quantitative estimate of drug-likeness (QED) is 0.898. The van der Waals surface area contributed by atoms with Crippen LogP contribution in [0.3, 0.4) is 0 Å². The van der Waals surface area contributed by atoms with Crippen LogP contribution in [0.15, 0.2) is 12.4 Å². The van der Waals surface area contributed by atoms with Gasteiger partial charge in [0, 0.05) is 38.1 Å². The molecule has 1 aliphatic carbocycles. The van der Waals surface area contributed by atoms with Crippen molar-refractivity contribution < 1.29 is 5.11 Å². The van der Waals surface area contributed by atoms with Crippen molar-refractivity contribution in [3.63, 3.8) is 0 Å². The number of rotatable bonds is 5. The summed E-state index contributed by atoms with van der Waals surface area (Å²) in [5.74, 6) is 1.11. The Labute approximate surface area is 139 Å². The molecule has 5 nitrogen and oxygen atoms in total. The summed E-state index contributed by atoms with van der Waals surface area (Å²) >= 11 is 0. The summed E-state index contributed by atoms with van der Waals surface area (Å²) in [6.07, 6.45) is 12.3. The predicted molar refractivity (Wildman–Crippen MR) is 90.0 cm³/mol. The second-order valence-corrected chi connectivity index (χ2v) is 7.85. The average Bonchev–Trinajstić information content (AvgIpc) is 3.32. The third kappa shape index (κ3) is 3.19. The smallest absolute Gasteiger partial charge is 0.122 e. The summed E-state index contributed by atoms with van der Waals surface area (Å²) in [5, 5.41) is 11.5.